The van der Waals surface area contributed by atoms with Gasteiger partial charge >= 0.3 is 6.18 Å². The van der Waals surface area contributed by atoms with Crippen LogP contribution < -0.4 is 5.32 Å². The number of aromatic nitrogens is 2. The molecule has 1 aliphatic carbocycles. The van der Waals surface area contributed by atoms with E-state index < -0.39 is 18.1 Å². The molecule has 0 spiro atoms. The first-order chi connectivity index (χ1) is 12.8. The highest BCUT2D eigenvalue weighted by Gasteiger charge is 2.42. The zero-order valence-corrected chi connectivity index (χ0v) is 15.2. The van der Waals surface area contributed by atoms with E-state index in [1.807, 2.05) is 0 Å². The Balaban J connectivity index is 1.49. The zero-order chi connectivity index (χ0) is 19.4. The average Bonchev–Trinajstić information content (AvgIpc) is 3.09. The molecule has 1 fully saturated rings. The Morgan fingerprint density at radius 2 is 2.00 bits per heavy atom. The minimum absolute atomic E-state index is 0.0590. The maximum Gasteiger partial charge on any atom is 0.391 e. The lowest BCUT2D eigenvalue weighted by Gasteiger charge is -2.31. The second-order valence-electron chi connectivity index (χ2n) is 6.69. The van der Waals surface area contributed by atoms with Gasteiger partial charge in [-0.3, -0.25) is 4.79 Å². The second kappa shape index (κ2) is 8.29. The van der Waals surface area contributed by atoms with Gasteiger partial charge < -0.3 is 9.84 Å². The third-order valence-corrected chi connectivity index (χ3v) is 4.89. The van der Waals surface area contributed by atoms with E-state index in [4.69, 9.17) is 16.1 Å². The number of halogens is 4. The molecule has 1 aromatic heterocycles. The highest BCUT2D eigenvalue weighted by atomic mass is 35.5. The summed E-state index contributed by atoms with van der Waals surface area (Å²) in [7, 11) is 0. The molecule has 2 aromatic rings. The number of alkyl halides is 3. The van der Waals surface area contributed by atoms with E-state index in [9.17, 15) is 18.0 Å². The molecule has 1 amide bonds. The highest BCUT2D eigenvalue weighted by molar-refractivity contribution is 6.30. The summed E-state index contributed by atoms with van der Waals surface area (Å²) in [4.78, 5) is 16.3. The molecule has 5 nitrogen and oxygen atoms in total. The molecule has 0 unspecified atom stereocenters. The van der Waals surface area contributed by atoms with Gasteiger partial charge in [0.15, 0.2) is 0 Å². The number of carbonyl (C=O) groups excluding carboxylic acids is 1. The van der Waals surface area contributed by atoms with E-state index >= 15 is 0 Å². The second-order valence-corrected chi connectivity index (χ2v) is 7.12. The number of hydrogen-bond acceptors (Lipinski definition) is 4. The SMILES string of the molecule is O=C(CCc1nc(-c2ccc(Cl)cc2)no1)N[C@@H]1CCC[C@H](C(F)(F)F)C1. The van der Waals surface area contributed by atoms with Gasteiger partial charge in [0.2, 0.25) is 17.6 Å². The van der Waals surface area contributed by atoms with Crippen molar-refractivity contribution in [3.05, 3.63) is 35.2 Å². The minimum atomic E-state index is -4.20. The Hall–Kier alpha value is -2.09. The molecule has 9 heteroatoms. The van der Waals surface area contributed by atoms with Crippen molar-refractivity contribution in [2.45, 2.75) is 50.7 Å². The third kappa shape index (κ3) is 5.45. The maximum atomic E-state index is 12.8. The lowest BCUT2D eigenvalue weighted by molar-refractivity contribution is -0.184. The molecule has 0 radical (unpaired) electrons. The quantitative estimate of drug-likeness (QED) is 0.797. The van der Waals surface area contributed by atoms with Crippen molar-refractivity contribution in [3.63, 3.8) is 0 Å². The number of amides is 1. The molecular formula is C18H19ClF3N3O2. The molecule has 27 heavy (non-hydrogen) atoms. The average molecular weight is 402 g/mol. The van der Waals surface area contributed by atoms with E-state index in [2.05, 4.69) is 15.5 Å². The smallest absolute Gasteiger partial charge is 0.353 e. The Bertz CT molecular complexity index is 777. The largest absolute Gasteiger partial charge is 0.391 e. The van der Waals surface area contributed by atoms with E-state index in [0.29, 0.717) is 29.6 Å². The number of carbonyl (C=O) groups is 1. The zero-order valence-electron chi connectivity index (χ0n) is 14.4. The van der Waals surface area contributed by atoms with E-state index in [1.54, 1.807) is 24.3 Å². The molecular weight excluding hydrogens is 383 g/mol. The van der Waals surface area contributed by atoms with Gasteiger partial charge in [-0.05, 0) is 43.5 Å². The molecule has 0 saturated heterocycles. The van der Waals surface area contributed by atoms with Crippen molar-refractivity contribution in [2.75, 3.05) is 0 Å². The number of nitrogens with one attached hydrogen (secondary N) is 1. The maximum absolute atomic E-state index is 12.8. The molecule has 2 atom stereocenters. The van der Waals surface area contributed by atoms with Crippen LogP contribution in [0.1, 0.15) is 38.0 Å². The van der Waals surface area contributed by atoms with Gasteiger partial charge in [0, 0.05) is 29.5 Å². The fourth-order valence-corrected chi connectivity index (χ4v) is 3.34. The molecule has 3 rings (SSSR count). The van der Waals surface area contributed by atoms with Crippen LogP contribution in [0.5, 0.6) is 0 Å². The molecule has 1 aromatic carbocycles. The van der Waals surface area contributed by atoms with Crippen molar-refractivity contribution in [1.82, 2.24) is 15.5 Å². The van der Waals surface area contributed by atoms with Gasteiger partial charge in [0.05, 0.1) is 5.92 Å². The first kappa shape index (κ1) is 19.7. The molecule has 1 N–H and O–H groups in total. The molecule has 0 bridgehead atoms. The minimum Gasteiger partial charge on any atom is -0.353 e. The van der Waals surface area contributed by atoms with Crippen LogP contribution in [0.3, 0.4) is 0 Å². The van der Waals surface area contributed by atoms with Gasteiger partial charge in [-0.2, -0.15) is 18.2 Å². The van der Waals surface area contributed by atoms with Crippen LogP contribution in [-0.2, 0) is 11.2 Å². The normalized spacial score (nSPS) is 20.4. The van der Waals surface area contributed by atoms with Crippen LogP contribution in [0.15, 0.2) is 28.8 Å². The summed E-state index contributed by atoms with van der Waals surface area (Å²) in [5, 5.41) is 7.15. The predicted molar refractivity (Wildman–Crippen MR) is 93.0 cm³/mol. The highest BCUT2D eigenvalue weighted by Crippen LogP contribution is 2.37. The monoisotopic (exact) mass is 401 g/mol. The summed E-state index contributed by atoms with van der Waals surface area (Å²) >= 11 is 5.83. The number of nitrogens with zero attached hydrogens (tertiary/aromatic N) is 2. The van der Waals surface area contributed by atoms with Gasteiger partial charge in [0.25, 0.3) is 0 Å². The van der Waals surface area contributed by atoms with Crippen molar-refractivity contribution in [3.8, 4) is 11.4 Å². The summed E-state index contributed by atoms with van der Waals surface area (Å²) in [6, 6.07) is 6.48. The van der Waals surface area contributed by atoms with Crippen molar-refractivity contribution in [2.24, 2.45) is 5.92 Å². The Kier molecular flexibility index (Phi) is 6.04. The third-order valence-electron chi connectivity index (χ3n) is 4.64. The molecule has 146 valence electrons. The van der Waals surface area contributed by atoms with E-state index in [-0.39, 0.29) is 31.6 Å². The summed E-state index contributed by atoms with van der Waals surface area (Å²) in [6.45, 7) is 0. The number of rotatable bonds is 5. The molecule has 0 aliphatic heterocycles. The molecule has 1 aliphatic rings. The summed E-state index contributed by atoms with van der Waals surface area (Å²) in [5.41, 5.74) is 0.735. The van der Waals surface area contributed by atoms with Crippen LogP contribution >= 0.6 is 11.6 Å². The van der Waals surface area contributed by atoms with Gasteiger partial charge in [0.1, 0.15) is 0 Å². The van der Waals surface area contributed by atoms with Crippen LogP contribution in [0, 0.1) is 5.92 Å². The van der Waals surface area contributed by atoms with Gasteiger partial charge in [-0.15, -0.1) is 0 Å². The summed E-state index contributed by atoms with van der Waals surface area (Å²) in [6.07, 6.45) is -2.80. The van der Waals surface area contributed by atoms with E-state index in [0.717, 1.165) is 5.56 Å². The first-order valence-corrected chi connectivity index (χ1v) is 9.13. The predicted octanol–water partition coefficient (Wildman–Crippen LogP) is 4.56. The molecule has 1 heterocycles. The van der Waals surface area contributed by atoms with Gasteiger partial charge in [-0.1, -0.05) is 23.2 Å². The topological polar surface area (TPSA) is 68.0 Å². The van der Waals surface area contributed by atoms with Crippen LogP contribution in [0.2, 0.25) is 5.02 Å². The molecule has 1 saturated carbocycles. The van der Waals surface area contributed by atoms with Crippen LogP contribution in [0.25, 0.3) is 11.4 Å². The Morgan fingerprint density at radius 1 is 1.26 bits per heavy atom. The standard InChI is InChI=1S/C18H19ClF3N3O2/c19-13-6-4-11(5-7-13)17-24-16(27-25-17)9-8-15(26)23-14-3-1-2-12(10-14)18(20,21)22/h4-7,12,14H,1-3,8-10H2,(H,23,26)/t12-,14+/m0/s1. The number of aryl methyl sites for hydroxylation is 1. The fourth-order valence-electron chi connectivity index (χ4n) is 3.21. The fraction of sp³-hybridized carbons (Fsp3) is 0.500. The van der Waals surface area contributed by atoms with Crippen LogP contribution in [0.4, 0.5) is 13.2 Å². The number of benzene rings is 1. The summed E-state index contributed by atoms with van der Waals surface area (Å²) in [5.74, 6) is -0.960. The Labute approximate surface area is 159 Å². The van der Waals surface area contributed by atoms with Crippen molar-refractivity contribution >= 4 is 17.5 Å². The first-order valence-electron chi connectivity index (χ1n) is 8.76. The lowest BCUT2D eigenvalue weighted by Crippen LogP contribution is -2.41. The van der Waals surface area contributed by atoms with Crippen molar-refractivity contribution < 1.29 is 22.5 Å². The van der Waals surface area contributed by atoms with Gasteiger partial charge in [-0.25, -0.2) is 0 Å². The van der Waals surface area contributed by atoms with Crippen molar-refractivity contribution in [1.29, 1.82) is 0 Å². The summed E-state index contributed by atoms with van der Waals surface area (Å²) < 4.78 is 43.6. The lowest BCUT2D eigenvalue weighted by atomic mass is 9.85. The van der Waals surface area contributed by atoms with Crippen LogP contribution in [-0.4, -0.2) is 28.3 Å². The number of hydrogen-bond donors (Lipinski definition) is 1. The van der Waals surface area contributed by atoms with E-state index in [1.165, 1.54) is 0 Å². The Morgan fingerprint density at radius 3 is 2.70 bits per heavy atom.